The van der Waals surface area contributed by atoms with E-state index in [1.807, 2.05) is 0 Å². The van der Waals surface area contributed by atoms with Crippen molar-refractivity contribution in [1.82, 2.24) is 0 Å². The maximum atomic E-state index is 12.4. The van der Waals surface area contributed by atoms with Crippen molar-refractivity contribution in [3.05, 3.63) is 44.0 Å². The number of nitro groups is 2. The molecule has 1 unspecified atom stereocenters. The number of carbonyl (C=O) groups excluding carboxylic acids is 2. The van der Waals surface area contributed by atoms with Gasteiger partial charge in [-0.25, -0.2) is 0 Å². The number of carbonyl (C=O) groups is 2. The largest absolute Gasteiger partial charge is 0.297 e. The minimum atomic E-state index is -1.71. The molecule has 0 amide bonds. The van der Waals surface area contributed by atoms with Crippen LogP contribution in [0.1, 0.15) is 31.1 Å². The number of ketones is 2. The molecule has 1 atom stereocenters. The minimum absolute atomic E-state index is 0.509. The molecule has 0 spiro atoms. The maximum absolute atomic E-state index is 12.4. The summed E-state index contributed by atoms with van der Waals surface area (Å²) in [4.78, 5) is 44.4. The maximum Gasteiger partial charge on any atom is 0.287 e. The summed E-state index contributed by atoms with van der Waals surface area (Å²) in [7, 11) is 0. The first-order valence-corrected chi connectivity index (χ1v) is 6.41. The highest BCUT2D eigenvalue weighted by Gasteiger charge is 2.38. The topological polar surface area (TPSA) is 144 Å². The van der Waals surface area contributed by atoms with E-state index in [1.165, 1.54) is 20.8 Å². The summed E-state index contributed by atoms with van der Waals surface area (Å²) in [6.45, 7) is 4.53. The molecule has 0 aromatic heterocycles. The lowest BCUT2D eigenvalue weighted by Crippen LogP contribution is -2.33. The monoisotopic (exact) mass is 319 g/mol. The molecule has 9 nitrogen and oxygen atoms in total. The fourth-order valence-corrected chi connectivity index (χ4v) is 1.82. The van der Waals surface area contributed by atoms with Gasteiger partial charge >= 0.3 is 0 Å². The molecule has 0 saturated carbocycles. The Morgan fingerprint density at radius 1 is 1.17 bits per heavy atom. The predicted octanol–water partition coefficient (Wildman–Crippen LogP) is 2.44. The zero-order valence-corrected chi connectivity index (χ0v) is 12.6. The molecule has 120 valence electrons. The molecule has 0 bridgehead atoms. The van der Waals surface area contributed by atoms with E-state index in [9.17, 15) is 29.8 Å². The van der Waals surface area contributed by atoms with Crippen LogP contribution in [-0.4, -0.2) is 21.4 Å². The summed E-state index contributed by atoms with van der Waals surface area (Å²) in [5.41, 5.74) is -2.88. The minimum Gasteiger partial charge on any atom is -0.297 e. The average molecular weight is 319 g/mol. The van der Waals surface area contributed by atoms with E-state index in [0.29, 0.717) is 6.07 Å². The Kier molecular flexibility index (Phi) is 4.91. The van der Waals surface area contributed by atoms with Crippen molar-refractivity contribution in [2.45, 2.75) is 20.8 Å². The number of hydrogen-bond acceptors (Lipinski definition) is 7. The third kappa shape index (κ3) is 3.74. The van der Waals surface area contributed by atoms with Crippen LogP contribution >= 0.6 is 0 Å². The second kappa shape index (κ2) is 6.31. The zero-order valence-electron chi connectivity index (χ0n) is 12.6. The van der Waals surface area contributed by atoms with Crippen LogP contribution in [0.3, 0.4) is 0 Å². The second-order valence-corrected chi connectivity index (χ2v) is 5.76. The van der Waals surface area contributed by atoms with Gasteiger partial charge in [0.05, 0.1) is 27.5 Å². The van der Waals surface area contributed by atoms with Crippen LogP contribution in [0.5, 0.6) is 0 Å². The number of nitriles is 1. The highest BCUT2D eigenvalue weighted by atomic mass is 16.6. The summed E-state index contributed by atoms with van der Waals surface area (Å²) >= 11 is 0. The molecule has 0 fully saturated rings. The third-order valence-corrected chi connectivity index (χ3v) is 3.05. The lowest BCUT2D eigenvalue weighted by atomic mass is 9.80. The van der Waals surface area contributed by atoms with E-state index in [2.05, 4.69) is 0 Å². The lowest BCUT2D eigenvalue weighted by molar-refractivity contribution is -0.394. The van der Waals surface area contributed by atoms with Gasteiger partial charge in [0.2, 0.25) is 0 Å². The first kappa shape index (κ1) is 17.9. The summed E-state index contributed by atoms with van der Waals surface area (Å²) in [5.74, 6) is -3.44. The van der Waals surface area contributed by atoms with Crippen molar-refractivity contribution in [1.29, 1.82) is 5.26 Å². The summed E-state index contributed by atoms with van der Waals surface area (Å²) in [5, 5.41) is 30.8. The van der Waals surface area contributed by atoms with Gasteiger partial charge in [0.1, 0.15) is 0 Å². The van der Waals surface area contributed by atoms with Crippen LogP contribution in [0, 0.1) is 42.9 Å². The van der Waals surface area contributed by atoms with E-state index >= 15 is 0 Å². The molecule has 1 aromatic rings. The first-order chi connectivity index (χ1) is 10.5. The van der Waals surface area contributed by atoms with Crippen LogP contribution in [0.4, 0.5) is 11.4 Å². The van der Waals surface area contributed by atoms with Crippen LogP contribution in [0.2, 0.25) is 0 Å². The molecule has 0 heterocycles. The summed E-state index contributed by atoms with van der Waals surface area (Å²) in [6, 6.07) is 3.98. The normalized spacial score (nSPS) is 12.1. The van der Waals surface area contributed by atoms with E-state index in [4.69, 9.17) is 5.26 Å². The smallest absolute Gasteiger partial charge is 0.287 e. The standard InChI is InChI=1S/C14H13N3O6/c1-14(2,3)13(19)10(7-15)12(18)9-5-4-8(16(20)21)6-11(9)17(22)23/h4-6,10H,1-3H3. The highest BCUT2D eigenvalue weighted by molar-refractivity contribution is 6.15. The Morgan fingerprint density at radius 2 is 1.74 bits per heavy atom. The van der Waals surface area contributed by atoms with Crippen molar-refractivity contribution in [2.24, 2.45) is 11.3 Å². The Morgan fingerprint density at radius 3 is 2.13 bits per heavy atom. The Balaban J connectivity index is 3.42. The molecular weight excluding hydrogens is 306 g/mol. The number of rotatable bonds is 5. The molecule has 0 aliphatic carbocycles. The summed E-state index contributed by atoms with van der Waals surface area (Å²) < 4.78 is 0. The molecule has 0 aliphatic heterocycles. The van der Waals surface area contributed by atoms with E-state index in [0.717, 1.165) is 12.1 Å². The van der Waals surface area contributed by atoms with Gasteiger partial charge in [0.25, 0.3) is 11.4 Å². The van der Waals surface area contributed by atoms with Crippen molar-refractivity contribution in [3.8, 4) is 6.07 Å². The predicted molar refractivity (Wildman–Crippen MR) is 77.6 cm³/mol. The zero-order chi connectivity index (χ0) is 17.9. The fourth-order valence-electron chi connectivity index (χ4n) is 1.82. The van der Waals surface area contributed by atoms with Crippen molar-refractivity contribution in [3.63, 3.8) is 0 Å². The molecule has 9 heteroatoms. The Hall–Kier alpha value is -3.15. The van der Waals surface area contributed by atoms with Crippen molar-refractivity contribution in [2.75, 3.05) is 0 Å². The van der Waals surface area contributed by atoms with Crippen LogP contribution in [0.25, 0.3) is 0 Å². The Labute approximate surface area is 130 Å². The van der Waals surface area contributed by atoms with Gasteiger partial charge in [-0.15, -0.1) is 0 Å². The number of Topliss-reactive ketones (excluding diaryl/α,β-unsaturated/α-hetero) is 2. The van der Waals surface area contributed by atoms with Gasteiger partial charge in [-0.2, -0.15) is 5.26 Å². The number of nitro benzene ring substituents is 2. The first-order valence-electron chi connectivity index (χ1n) is 6.41. The number of benzene rings is 1. The van der Waals surface area contributed by atoms with E-state index in [1.54, 1.807) is 6.07 Å². The average Bonchev–Trinajstić information content (AvgIpc) is 2.45. The molecule has 1 rings (SSSR count). The van der Waals surface area contributed by atoms with Crippen LogP contribution in [-0.2, 0) is 4.79 Å². The van der Waals surface area contributed by atoms with Gasteiger partial charge < -0.3 is 0 Å². The van der Waals surface area contributed by atoms with Crippen molar-refractivity contribution >= 4 is 22.9 Å². The fraction of sp³-hybridized carbons (Fsp3) is 0.357. The molecule has 0 aliphatic rings. The quantitative estimate of drug-likeness (QED) is 0.350. The van der Waals surface area contributed by atoms with Gasteiger partial charge in [-0.05, 0) is 6.07 Å². The van der Waals surface area contributed by atoms with Gasteiger partial charge in [-0.3, -0.25) is 29.8 Å². The third-order valence-electron chi connectivity index (χ3n) is 3.05. The van der Waals surface area contributed by atoms with Crippen LogP contribution < -0.4 is 0 Å². The molecular formula is C14H13N3O6. The van der Waals surface area contributed by atoms with Crippen molar-refractivity contribution < 1.29 is 19.4 Å². The van der Waals surface area contributed by atoms with Gasteiger partial charge in [-0.1, -0.05) is 20.8 Å². The van der Waals surface area contributed by atoms with Gasteiger partial charge in [0, 0.05) is 11.5 Å². The number of nitrogens with zero attached hydrogens (tertiary/aromatic N) is 3. The number of non-ortho nitro benzene ring substituents is 1. The van der Waals surface area contributed by atoms with E-state index < -0.39 is 49.7 Å². The van der Waals surface area contributed by atoms with E-state index in [-0.39, 0.29) is 0 Å². The van der Waals surface area contributed by atoms with Crippen LogP contribution in [0.15, 0.2) is 18.2 Å². The summed E-state index contributed by atoms with van der Waals surface area (Å²) in [6.07, 6.45) is 0. The second-order valence-electron chi connectivity index (χ2n) is 5.76. The molecule has 0 N–H and O–H groups in total. The molecule has 23 heavy (non-hydrogen) atoms. The molecule has 0 saturated heterocycles. The molecule has 1 aromatic carbocycles. The SMILES string of the molecule is CC(C)(C)C(=O)C(C#N)C(=O)c1ccc([N+](=O)[O-])cc1[N+](=O)[O-]. The number of hydrogen-bond donors (Lipinski definition) is 0. The molecule has 0 radical (unpaired) electrons. The highest BCUT2D eigenvalue weighted by Crippen LogP contribution is 2.29. The lowest BCUT2D eigenvalue weighted by Gasteiger charge is -2.19. The van der Waals surface area contributed by atoms with Gasteiger partial charge in [0.15, 0.2) is 17.5 Å². The Bertz CT molecular complexity index is 742.